The summed E-state index contributed by atoms with van der Waals surface area (Å²) in [5.74, 6) is -0.787. The van der Waals surface area contributed by atoms with E-state index in [9.17, 15) is 18.0 Å². The van der Waals surface area contributed by atoms with Gasteiger partial charge in [-0.15, -0.1) is 0 Å². The minimum absolute atomic E-state index is 0.0478. The van der Waals surface area contributed by atoms with Crippen LogP contribution in [-0.4, -0.2) is 53.4 Å². The minimum atomic E-state index is -3.88. The number of halogens is 2. The fraction of sp³-hybridized carbons (Fsp3) is 0.368. The monoisotopic (exact) mass is 492 g/mol. The molecule has 1 aromatic heterocycles. The third-order valence-corrected chi connectivity index (χ3v) is 7.82. The van der Waals surface area contributed by atoms with E-state index in [2.05, 4.69) is 0 Å². The van der Waals surface area contributed by atoms with Gasteiger partial charge in [-0.3, -0.25) is 14.8 Å². The number of aliphatic hydroxyl groups is 1. The Kier molecular flexibility index (Phi) is 8.12. The lowest BCUT2D eigenvalue weighted by molar-refractivity contribution is -0.131. The Balaban J connectivity index is 2.31. The van der Waals surface area contributed by atoms with Crippen molar-refractivity contribution in [2.24, 2.45) is 0 Å². The number of amides is 1. The highest BCUT2D eigenvalue weighted by Gasteiger charge is 2.43. The molecule has 0 aliphatic rings. The number of rotatable bonds is 9. The summed E-state index contributed by atoms with van der Waals surface area (Å²) in [5.41, 5.74) is 1.86. The summed E-state index contributed by atoms with van der Waals surface area (Å²) in [5, 5.41) is 18.0. The topological polar surface area (TPSA) is 135 Å². The van der Waals surface area contributed by atoms with Crippen LogP contribution in [0.25, 0.3) is 11.1 Å². The lowest BCUT2D eigenvalue weighted by Crippen LogP contribution is -2.49. The largest absolute Gasteiger partial charge is 0.490 e. The first-order chi connectivity index (χ1) is 14.5. The first kappa shape index (κ1) is 25.2. The number of aromatic nitrogens is 1. The molecule has 0 fully saturated rings. The van der Waals surface area contributed by atoms with Gasteiger partial charge < -0.3 is 14.4 Å². The maximum atomic E-state index is 12.6. The van der Waals surface area contributed by atoms with Gasteiger partial charge in [0.15, 0.2) is 14.6 Å². The molecule has 0 bridgehead atoms. The number of benzene rings is 1. The van der Waals surface area contributed by atoms with Crippen LogP contribution in [0, 0.1) is 0 Å². The van der Waals surface area contributed by atoms with Gasteiger partial charge in [0.1, 0.15) is 17.4 Å². The van der Waals surface area contributed by atoms with Crippen molar-refractivity contribution in [1.82, 2.24) is 10.0 Å². The van der Waals surface area contributed by atoms with Gasteiger partial charge in [0, 0.05) is 30.6 Å². The van der Waals surface area contributed by atoms with Gasteiger partial charge in [0.25, 0.3) is 11.5 Å². The summed E-state index contributed by atoms with van der Waals surface area (Å²) in [6.45, 7) is 0.951. The summed E-state index contributed by atoms with van der Waals surface area (Å²) in [6, 6.07) is 6.08. The predicted molar refractivity (Wildman–Crippen MR) is 117 cm³/mol. The van der Waals surface area contributed by atoms with E-state index in [1.165, 1.54) is 29.2 Å². The van der Waals surface area contributed by atoms with Crippen molar-refractivity contribution in [3.8, 4) is 16.9 Å². The zero-order chi connectivity index (χ0) is 23.4. The normalized spacial score (nSPS) is 13.5. The van der Waals surface area contributed by atoms with E-state index >= 15 is 0 Å². The van der Waals surface area contributed by atoms with Crippen LogP contribution < -0.4 is 15.8 Å². The van der Waals surface area contributed by atoms with Crippen LogP contribution in [0.5, 0.6) is 5.75 Å². The zero-order valence-electron chi connectivity index (χ0n) is 16.8. The SMILES string of the molecule is CC(CCn1ccc(-c2ccc(OCCO)c(Cl)c2Cl)cc1=O)(C(=O)NO)S(C)(=O)=O. The Labute approximate surface area is 189 Å². The average molecular weight is 493 g/mol. The van der Waals surface area contributed by atoms with Crippen LogP contribution in [0.15, 0.2) is 35.3 Å². The van der Waals surface area contributed by atoms with Crippen LogP contribution in [0.3, 0.4) is 0 Å². The number of hydrogen-bond acceptors (Lipinski definition) is 7. The number of sulfone groups is 1. The van der Waals surface area contributed by atoms with Gasteiger partial charge in [0.2, 0.25) is 0 Å². The average Bonchev–Trinajstić information content (AvgIpc) is 2.72. The molecule has 2 aromatic rings. The highest BCUT2D eigenvalue weighted by Crippen LogP contribution is 2.39. The first-order valence-electron chi connectivity index (χ1n) is 9.03. The van der Waals surface area contributed by atoms with E-state index in [0.29, 0.717) is 16.9 Å². The molecule has 0 aliphatic carbocycles. The van der Waals surface area contributed by atoms with Gasteiger partial charge in [-0.1, -0.05) is 23.2 Å². The van der Waals surface area contributed by atoms with Crippen LogP contribution in [-0.2, 0) is 21.2 Å². The third kappa shape index (κ3) is 5.39. The molecule has 0 saturated carbocycles. The molecule has 0 spiro atoms. The van der Waals surface area contributed by atoms with Crippen molar-refractivity contribution in [1.29, 1.82) is 0 Å². The molecule has 1 aromatic carbocycles. The van der Waals surface area contributed by atoms with Gasteiger partial charge in [-0.05, 0) is 37.1 Å². The standard InChI is InChI=1S/C19H22Cl2N2O7S/c1-19(18(26)22-27,31(2,28)29)6-8-23-7-5-12(11-15(23)25)13-3-4-14(30-10-9-24)17(21)16(13)20/h3-5,7,11,24,27H,6,8-10H2,1-2H3,(H,22,26). The number of ether oxygens (including phenoxy) is 1. The molecule has 170 valence electrons. The molecule has 1 heterocycles. The van der Waals surface area contributed by atoms with E-state index < -0.39 is 26.1 Å². The number of aliphatic hydroxyl groups excluding tert-OH is 1. The Morgan fingerprint density at radius 3 is 2.48 bits per heavy atom. The van der Waals surface area contributed by atoms with Crippen LogP contribution in [0.2, 0.25) is 10.0 Å². The smallest absolute Gasteiger partial charge is 0.264 e. The van der Waals surface area contributed by atoms with Crippen molar-refractivity contribution in [3.05, 3.63) is 50.9 Å². The number of hydrogen-bond donors (Lipinski definition) is 3. The Bertz CT molecular complexity index is 1130. The minimum Gasteiger partial charge on any atom is -0.490 e. The Hall–Kier alpha value is -2.11. The second-order valence-corrected chi connectivity index (χ2v) is 10.2. The molecule has 0 aliphatic heterocycles. The van der Waals surface area contributed by atoms with Crippen molar-refractivity contribution < 1.29 is 28.3 Å². The lowest BCUT2D eigenvalue weighted by Gasteiger charge is -2.25. The number of nitrogens with zero attached hydrogens (tertiary/aromatic N) is 1. The number of aryl methyl sites for hydroxylation is 1. The van der Waals surface area contributed by atoms with Gasteiger partial charge in [0.05, 0.1) is 11.6 Å². The Morgan fingerprint density at radius 1 is 1.26 bits per heavy atom. The second kappa shape index (κ2) is 10.0. The summed E-state index contributed by atoms with van der Waals surface area (Å²) >= 11 is 12.5. The predicted octanol–water partition coefficient (Wildman–Crippen LogP) is 1.89. The fourth-order valence-corrected chi connectivity index (χ4v) is 4.13. The van der Waals surface area contributed by atoms with Gasteiger partial charge in [-0.25, -0.2) is 13.9 Å². The molecule has 12 heteroatoms. The highest BCUT2D eigenvalue weighted by atomic mass is 35.5. The maximum absolute atomic E-state index is 12.6. The van der Waals surface area contributed by atoms with Crippen molar-refractivity contribution >= 4 is 38.9 Å². The fourth-order valence-electron chi connectivity index (χ4n) is 2.80. The summed E-state index contributed by atoms with van der Waals surface area (Å²) < 4.78 is 28.7. The Morgan fingerprint density at radius 2 is 1.94 bits per heavy atom. The highest BCUT2D eigenvalue weighted by molar-refractivity contribution is 7.92. The molecule has 0 saturated heterocycles. The molecule has 3 N–H and O–H groups in total. The maximum Gasteiger partial charge on any atom is 0.264 e. The zero-order valence-corrected chi connectivity index (χ0v) is 19.1. The molecule has 9 nitrogen and oxygen atoms in total. The third-order valence-electron chi connectivity index (χ3n) is 4.93. The van der Waals surface area contributed by atoms with E-state index in [4.69, 9.17) is 38.3 Å². The summed E-state index contributed by atoms with van der Waals surface area (Å²) in [4.78, 5) is 24.5. The first-order valence-corrected chi connectivity index (χ1v) is 11.7. The molecule has 31 heavy (non-hydrogen) atoms. The van der Waals surface area contributed by atoms with Crippen molar-refractivity contribution in [3.63, 3.8) is 0 Å². The van der Waals surface area contributed by atoms with Gasteiger partial charge in [-0.2, -0.15) is 0 Å². The molecule has 0 radical (unpaired) electrons. The summed E-state index contributed by atoms with van der Waals surface area (Å²) in [7, 11) is -3.88. The molecular formula is C19H22Cl2N2O7S. The number of hydroxylamine groups is 1. The number of carbonyl (C=O) groups is 1. The van der Waals surface area contributed by atoms with E-state index in [0.717, 1.165) is 6.26 Å². The van der Waals surface area contributed by atoms with Crippen LogP contribution in [0.1, 0.15) is 13.3 Å². The van der Waals surface area contributed by atoms with Crippen LogP contribution in [0.4, 0.5) is 0 Å². The van der Waals surface area contributed by atoms with Crippen LogP contribution >= 0.6 is 23.2 Å². The number of pyridine rings is 1. The molecular weight excluding hydrogens is 471 g/mol. The summed E-state index contributed by atoms with van der Waals surface area (Å²) in [6.07, 6.45) is 2.09. The molecule has 1 atom stereocenters. The second-order valence-electron chi connectivity index (χ2n) is 6.95. The molecule has 1 amide bonds. The molecule has 1 unspecified atom stereocenters. The van der Waals surface area contributed by atoms with Gasteiger partial charge >= 0.3 is 0 Å². The number of nitrogens with one attached hydrogen (secondary N) is 1. The quantitative estimate of drug-likeness (QED) is 0.359. The van der Waals surface area contributed by atoms with Crippen molar-refractivity contribution in [2.45, 2.75) is 24.6 Å². The lowest BCUT2D eigenvalue weighted by atomic mass is 10.1. The van der Waals surface area contributed by atoms with Crippen molar-refractivity contribution in [2.75, 3.05) is 19.5 Å². The van der Waals surface area contributed by atoms with E-state index in [1.54, 1.807) is 18.2 Å². The molecule has 2 rings (SSSR count). The van der Waals surface area contributed by atoms with E-state index in [-0.39, 0.29) is 36.2 Å². The van der Waals surface area contributed by atoms with E-state index in [1.807, 2.05) is 0 Å². The number of carbonyl (C=O) groups excluding carboxylic acids is 1.